The van der Waals surface area contributed by atoms with E-state index in [0.29, 0.717) is 28.9 Å². The van der Waals surface area contributed by atoms with Gasteiger partial charge in [-0.3, -0.25) is 33.1 Å². The second-order valence-corrected chi connectivity index (χ2v) is 22.1. The molecule has 0 bridgehead atoms. The third kappa shape index (κ3) is 11.3. The van der Waals surface area contributed by atoms with Crippen molar-refractivity contribution in [2.75, 3.05) is 46.5 Å². The molecule has 0 spiro atoms. The zero-order chi connectivity index (χ0) is 54.9. The summed E-state index contributed by atoms with van der Waals surface area (Å²) in [6, 6.07) is 21.3. The van der Waals surface area contributed by atoms with Crippen molar-refractivity contribution in [1.82, 2.24) is 10.6 Å². The zero-order valence-electron chi connectivity index (χ0n) is 42.3. The summed E-state index contributed by atoms with van der Waals surface area (Å²) in [5.74, 6) is -2.26. The van der Waals surface area contributed by atoms with Gasteiger partial charge >= 0.3 is 0 Å². The van der Waals surface area contributed by atoms with E-state index in [0.717, 1.165) is 24.0 Å². The Kier molecular flexibility index (Phi) is 15.4. The fourth-order valence-electron chi connectivity index (χ4n) is 10.1. The highest BCUT2D eigenvalue weighted by Gasteiger charge is 2.49. The molecule has 77 heavy (non-hydrogen) atoms. The number of hydrogen-bond acceptors (Lipinski definition) is 15. The molecule has 5 atom stereocenters. The molecule has 4 aliphatic rings. The number of para-hydroxylation sites is 2. The maximum atomic E-state index is 14.3. The molecule has 7 N–H and O–H groups in total. The molecule has 5 aromatic rings. The number of benzene rings is 5. The third-order valence-corrected chi connectivity index (χ3v) is 15.9. The molecule has 406 valence electrons. The van der Waals surface area contributed by atoms with Gasteiger partial charge < -0.3 is 55.3 Å². The first-order chi connectivity index (χ1) is 36.8. The van der Waals surface area contributed by atoms with E-state index in [2.05, 4.69) is 26.6 Å². The summed E-state index contributed by atoms with van der Waals surface area (Å²) in [5.41, 5.74) is 3.71. The Balaban J connectivity index is 1.00. The van der Waals surface area contributed by atoms with E-state index in [1.54, 1.807) is 66.7 Å². The number of nitrogens with one attached hydrogen (secondary N) is 5. The molecule has 0 fully saturated rings. The van der Waals surface area contributed by atoms with Crippen molar-refractivity contribution in [2.24, 2.45) is 0 Å². The minimum absolute atomic E-state index is 0.0431. The summed E-state index contributed by atoms with van der Waals surface area (Å²) in [6.07, 6.45) is 3.03. The molecule has 24 heteroatoms. The second-order valence-electron chi connectivity index (χ2n) is 19.0. The number of anilines is 5. The van der Waals surface area contributed by atoms with E-state index >= 15 is 0 Å². The molecule has 0 aromatic heterocycles. The Bertz CT molecular complexity index is 3220. The number of hydrogen-bond donors (Lipinski definition) is 7. The molecule has 22 nitrogen and oxygen atoms in total. The minimum Gasteiger partial charge on any atom is -0.493 e. The third-order valence-electron chi connectivity index (χ3n) is 13.8. The van der Waals surface area contributed by atoms with Crippen LogP contribution < -0.4 is 55.3 Å². The van der Waals surface area contributed by atoms with Gasteiger partial charge in [0, 0.05) is 35.6 Å². The van der Waals surface area contributed by atoms with Crippen molar-refractivity contribution in [1.29, 1.82) is 0 Å². The molecule has 5 amide bonds. The van der Waals surface area contributed by atoms with Crippen LogP contribution in [0.25, 0.3) is 0 Å². The molecule has 4 unspecified atom stereocenters. The average molecular weight is 1100 g/mol. The van der Waals surface area contributed by atoms with Crippen LogP contribution in [0, 0.1) is 0 Å². The summed E-state index contributed by atoms with van der Waals surface area (Å²) >= 11 is 0. The lowest BCUT2D eigenvalue weighted by Gasteiger charge is -2.27. The predicted molar refractivity (Wildman–Crippen MR) is 284 cm³/mol. The maximum Gasteiger partial charge on any atom is 0.288 e. The smallest absolute Gasteiger partial charge is 0.288 e. The molecule has 0 saturated carbocycles. The topological polar surface area (TPSA) is 298 Å². The van der Waals surface area contributed by atoms with Crippen molar-refractivity contribution < 1.29 is 68.9 Å². The number of ether oxygens (including phenoxy) is 4. The summed E-state index contributed by atoms with van der Waals surface area (Å²) in [4.78, 5) is 70.0. The molecule has 0 radical (unpaired) electrons. The number of carbonyl (C=O) groups excluding carboxylic acids is 5. The van der Waals surface area contributed by atoms with Crippen molar-refractivity contribution in [2.45, 2.75) is 94.5 Å². The van der Waals surface area contributed by atoms with Crippen molar-refractivity contribution in [3.05, 3.63) is 124 Å². The maximum absolute atomic E-state index is 14.3. The van der Waals surface area contributed by atoms with E-state index in [-0.39, 0.29) is 96.1 Å². The van der Waals surface area contributed by atoms with Gasteiger partial charge in [0.15, 0.2) is 33.7 Å². The Hall–Kier alpha value is -7.93. The Labute approximate surface area is 444 Å². The van der Waals surface area contributed by atoms with Gasteiger partial charge in [-0.25, -0.2) is 0 Å². The Morgan fingerprint density at radius 2 is 1.16 bits per heavy atom. The van der Waals surface area contributed by atoms with Gasteiger partial charge in [-0.05, 0) is 90.9 Å². The number of methoxy groups -OCH3 is 2. The average Bonchev–Trinajstić information content (AvgIpc) is 4.10. The van der Waals surface area contributed by atoms with Crippen LogP contribution >= 0.6 is 0 Å². The van der Waals surface area contributed by atoms with E-state index in [1.807, 2.05) is 6.92 Å². The van der Waals surface area contributed by atoms with Crippen LogP contribution in [-0.4, -0.2) is 105 Å². The number of fused-ring (bicyclic) bond motifs is 8. The van der Waals surface area contributed by atoms with Gasteiger partial charge in [0.1, 0.15) is 19.3 Å². The monoisotopic (exact) mass is 1100 g/mol. The number of amides is 5. The Morgan fingerprint density at radius 1 is 0.675 bits per heavy atom. The van der Waals surface area contributed by atoms with Gasteiger partial charge in [0.05, 0.1) is 55.3 Å². The lowest BCUT2D eigenvalue weighted by Crippen LogP contribution is -2.49. The molecule has 5 aromatic carbocycles. The first-order valence-electron chi connectivity index (χ1n) is 24.7. The van der Waals surface area contributed by atoms with Crippen LogP contribution in [-0.2, 0) is 60.7 Å². The summed E-state index contributed by atoms with van der Waals surface area (Å²) in [6.45, 7) is 2.66. The fraction of sp³-hybridized carbons (Fsp3) is 0.340. The van der Waals surface area contributed by atoms with Gasteiger partial charge in [-0.2, -0.15) is 16.8 Å². The van der Waals surface area contributed by atoms with Gasteiger partial charge in [0.2, 0.25) is 17.7 Å². The normalized spacial score (nSPS) is 18.5. The van der Waals surface area contributed by atoms with Crippen molar-refractivity contribution >= 4 is 78.2 Å². The Morgan fingerprint density at radius 3 is 1.61 bits per heavy atom. The fourth-order valence-corrected chi connectivity index (χ4v) is 11.9. The van der Waals surface area contributed by atoms with E-state index in [4.69, 9.17) is 18.9 Å². The highest BCUT2D eigenvalue weighted by atomic mass is 32.2. The highest BCUT2D eigenvalue weighted by molar-refractivity contribution is 7.86. The van der Waals surface area contributed by atoms with Gasteiger partial charge in [-0.1, -0.05) is 56.2 Å². The van der Waals surface area contributed by atoms with Crippen LogP contribution in [0.2, 0.25) is 0 Å². The first kappa shape index (κ1) is 53.9. The SMILES string of the molecule is CCCCCC(=O)NCC(=O)NC(C)C(=O)Nc1cc(COc2cc3c(cc2OC)C(=O)N2c4ccccc4CC2C(S(=O)(=O)O)N3)cc(COc2cc3c(cc2OC)C(=O)N2c4ccccc4CC2[C@@H](S(=O)(=O)O)N3)c1. The second kappa shape index (κ2) is 22.0. The lowest BCUT2D eigenvalue weighted by molar-refractivity contribution is -0.128. The number of unbranched alkanes of at least 4 members (excludes halogenated alkanes) is 2. The van der Waals surface area contributed by atoms with E-state index in [9.17, 15) is 49.9 Å². The molecule has 0 aliphatic carbocycles. The van der Waals surface area contributed by atoms with E-state index < -0.39 is 72.7 Å². The quantitative estimate of drug-likeness (QED) is 0.0401. The summed E-state index contributed by atoms with van der Waals surface area (Å²) in [7, 11) is -6.88. The number of nitrogens with zero attached hydrogens (tertiary/aromatic N) is 2. The first-order valence-corrected chi connectivity index (χ1v) is 27.7. The summed E-state index contributed by atoms with van der Waals surface area (Å²) in [5, 5.41) is 10.4. The van der Waals surface area contributed by atoms with Gasteiger partial charge in [-0.15, -0.1) is 0 Å². The molecular formula is C53H57N7O15S2. The molecular weight excluding hydrogens is 1040 g/mol. The lowest BCUT2D eigenvalue weighted by atomic mass is 10.1. The number of carbonyl (C=O) groups is 5. The standard InChI is InChI=1S/C53H57N7O15S2/c1-5-6-7-16-47(61)54-26-48(62)55-29(2)49(63)56-34-18-30(27-74-45-24-37-35(22-43(45)72-3)52(64)59-39-14-10-8-12-32(39)20-41(59)50(57-37)76(66,67)68)17-31(19-34)28-75-46-25-38-36(23-44(46)73-4)53(65)60-40-15-11-9-13-33(40)21-42(60)51(58-38)77(69,70)71/h8-15,17-19,22-25,29,41-42,50-51,57-58H,5-7,16,20-21,26-28H2,1-4H3,(H,54,61)(H,55,62)(H,56,63)(H,66,67,68)(H,69,70,71)/t29?,41?,42?,50-,51?/m1/s1. The predicted octanol–water partition coefficient (Wildman–Crippen LogP) is 5.42. The molecule has 4 aliphatic heterocycles. The van der Waals surface area contributed by atoms with Crippen molar-refractivity contribution in [3.63, 3.8) is 0 Å². The summed E-state index contributed by atoms with van der Waals surface area (Å²) < 4.78 is 96.8. The van der Waals surface area contributed by atoms with Crippen LogP contribution in [0.1, 0.15) is 82.5 Å². The van der Waals surface area contributed by atoms with E-state index in [1.165, 1.54) is 55.2 Å². The minimum atomic E-state index is -4.80. The highest BCUT2D eigenvalue weighted by Crippen LogP contribution is 2.45. The molecule has 4 heterocycles. The van der Waals surface area contributed by atoms with Crippen LogP contribution in [0.5, 0.6) is 23.0 Å². The van der Waals surface area contributed by atoms with Crippen LogP contribution in [0.3, 0.4) is 0 Å². The number of rotatable bonds is 19. The zero-order valence-corrected chi connectivity index (χ0v) is 44.0. The van der Waals surface area contributed by atoms with Crippen LogP contribution in [0.4, 0.5) is 28.4 Å². The van der Waals surface area contributed by atoms with Crippen molar-refractivity contribution in [3.8, 4) is 23.0 Å². The van der Waals surface area contributed by atoms with Gasteiger partial charge in [0.25, 0.3) is 32.1 Å². The molecule has 0 saturated heterocycles. The largest absolute Gasteiger partial charge is 0.493 e. The molecule has 9 rings (SSSR count). The van der Waals surface area contributed by atoms with Crippen LogP contribution in [0.15, 0.2) is 91.0 Å².